The van der Waals surface area contributed by atoms with Crippen molar-refractivity contribution in [3.63, 3.8) is 0 Å². The summed E-state index contributed by atoms with van der Waals surface area (Å²) in [6.07, 6.45) is -1.39. The van der Waals surface area contributed by atoms with Crippen LogP contribution in [-0.2, 0) is 14.9 Å². The highest BCUT2D eigenvalue weighted by atomic mass is 32.2. The fraction of sp³-hybridized carbons (Fsp3) is 1.00. The predicted octanol–water partition coefficient (Wildman–Crippen LogP) is -0.730. The van der Waals surface area contributed by atoms with Crippen molar-refractivity contribution in [1.82, 2.24) is 0 Å². The Morgan fingerprint density at radius 3 is 1.79 bits per heavy atom. The highest BCUT2D eigenvalue weighted by Gasteiger charge is 2.11. The summed E-state index contributed by atoms with van der Waals surface area (Å²) in [4.78, 5) is 0. The first-order valence-corrected chi connectivity index (χ1v) is 5.80. The highest BCUT2D eigenvalue weighted by Crippen LogP contribution is 1.87. The molecule has 0 spiro atoms. The van der Waals surface area contributed by atoms with E-state index in [-0.39, 0.29) is 0 Å². The van der Waals surface area contributed by atoms with Crippen LogP contribution in [0.1, 0.15) is 13.8 Å². The fourth-order valence-electron chi connectivity index (χ4n) is 0.500. The Hall–Kier alpha value is -0.210. The maximum atomic E-state index is 9.88. The lowest BCUT2D eigenvalue weighted by Crippen LogP contribution is -2.23. The van der Waals surface area contributed by atoms with Gasteiger partial charge in [0.1, 0.15) is 5.75 Å². The van der Waals surface area contributed by atoms with E-state index in [1.165, 1.54) is 0 Å². The van der Waals surface area contributed by atoms with E-state index in [2.05, 4.69) is 0 Å². The van der Waals surface area contributed by atoms with Gasteiger partial charge < -0.3 is 14.9 Å². The van der Waals surface area contributed by atoms with Crippen molar-refractivity contribution in [2.75, 3.05) is 25.6 Å². The third-order valence-electron chi connectivity index (χ3n) is 1.02. The lowest BCUT2D eigenvalue weighted by molar-refractivity contribution is 0.111. The molecule has 0 aliphatic rings. The van der Waals surface area contributed by atoms with E-state index in [9.17, 15) is 8.42 Å². The number of rotatable bonds is 5. The Labute approximate surface area is 84.3 Å². The molecule has 6 nitrogen and oxygen atoms in total. The third kappa shape index (κ3) is 17.8. The molecule has 0 saturated carbocycles. The summed E-state index contributed by atoms with van der Waals surface area (Å²) < 4.78 is 32.6. The minimum Gasteiger partial charge on any atom is -0.394 e. The van der Waals surface area contributed by atoms with Crippen LogP contribution in [0.5, 0.6) is 0 Å². The zero-order valence-electron chi connectivity index (χ0n) is 8.38. The Kier molecular flexibility index (Phi) is 10.8. The molecular weight excluding hydrogens is 212 g/mol. The number of hydrogen-bond acceptors (Lipinski definition) is 5. The molecule has 0 heterocycles. The van der Waals surface area contributed by atoms with Crippen molar-refractivity contribution in [2.45, 2.75) is 20.0 Å². The lowest BCUT2D eigenvalue weighted by atomic mass is 10.4. The van der Waals surface area contributed by atoms with Crippen LogP contribution in [0.3, 0.4) is 0 Å². The van der Waals surface area contributed by atoms with Crippen molar-refractivity contribution < 1.29 is 27.9 Å². The second kappa shape index (κ2) is 9.35. The van der Waals surface area contributed by atoms with Gasteiger partial charge in [-0.15, -0.1) is 0 Å². The van der Waals surface area contributed by atoms with E-state index in [1.54, 1.807) is 0 Å². The van der Waals surface area contributed by atoms with Gasteiger partial charge in [0.15, 0.2) is 0 Å². The standard InChI is InChI=1S/C4H10O.C3H8O5S/c1-3-5-4-2;4-1-3(5)2-9(6,7)8/h3-4H2,1-2H3;3-5H,1-2H2,(H,6,7,8). The van der Waals surface area contributed by atoms with Crippen LogP contribution in [0.25, 0.3) is 0 Å². The van der Waals surface area contributed by atoms with Gasteiger partial charge in [0.25, 0.3) is 10.1 Å². The summed E-state index contributed by atoms with van der Waals surface area (Å²) in [5.41, 5.74) is 0. The van der Waals surface area contributed by atoms with Crippen LogP contribution in [0.4, 0.5) is 0 Å². The summed E-state index contributed by atoms with van der Waals surface area (Å²) in [5, 5.41) is 16.5. The zero-order chi connectivity index (χ0) is 11.6. The van der Waals surface area contributed by atoms with E-state index >= 15 is 0 Å². The quantitative estimate of drug-likeness (QED) is 0.538. The molecule has 3 N–H and O–H groups in total. The largest absolute Gasteiger partial charge is 0.394 e. The first-order valence-electron chi connectivity index (χ1n) is 4.19. The summed E-state index contributed by atoms with van der Waals surface area (Å²) in [5.74, 6) is -0.816. The molecule has 0 saturated heterocycles. The van der Waals surface area contributed by atoms with Crippen molar-refractivity contribution in [1.29, 1.82) is 0 Å². The average Bonchev–Trinajstić information content (AvgIpc) is 2.04. The van der Waals surface area contributed by atoms with Gasteiger partial charge in [0, 0.05) is 13.2 Å². The summed E-state index contributed by atoms with van der Waals surface area (Å²) in [6, 6.07) is 0. The molecule has 14 heavy (non-hydrogen) atoms. The maximum absolute atomic E-state index is 9.88. The fourth-order valence-corrected chi connectivity index (χ4v) is 1.09. The smallest absolute Gasteiger partial charge is 0.267 e. The van der Waals surface area contributed by atoms with Gasteiger partial charge in [0.05, 0.1) is 12.7 Å². The van der Waals surface area contributed by atoms with Crippen molar-refractivity contribution in [3.05, 3.63) is 0 Å². The third-order valence-corrected chi connectivity index (χ3v) is 1.83. The van der Waals surface area contributed by atoms with E-state index in [0.717, 1.165) is 13.2 Å². The van der Waals surface area contributed by atoms with Gasteiger partial charge in [-0.1, -0.05) is 0 Å². The van der Waals surface area contributed by atoms with Gasteiger partial charge in [-0.2, -0.15) is 8.42 Å². The summed E-state index contributed by atoms with van der Waals surface area (Å²) in [7, 11) is -4.15. The van der Waals surface area contributed by atoms with Crippen LogP contribution in [0.2, 0.25) is 0 Å². The molecule has 1 unspecified atom stereocenters. The molecule has 0 aromatic heterocycles. The second-order valence-corrected chi connectivity index (χ2v) is 3.86. The van der Waals surface area contributed by atoms with Crippen LogP contribution < -0.4 is 0 Å². The lowest BCUT2D eigenvalue weighted by Gasteiger charge is -2.01. The minimum atomic E-state index is -4.15. The minimum absolute atomic E-state index is 0.667. The van der Waals surface area contributed by atoms with Crippen LogP contribution in [0, 0.1) is 0 Å². The first kappa shape index (κ1) is 16.2. The van der Waals surface area contributed by atoms with Crippen LogP contribution in [0.15, 0.2) is 0 Å². The molecule has 0 amide bonds. The molecule has 1 atom stereocenters. The van der Waals surface area contributed by atoms with Crippen LogP contribution in [-0.4, -0.2) is 54.9 Å². The SMILES string of the molecule is CCOCC.O=S(=O)(O)CC(O)CO. The van der Waals surface area contributed by atoms with Crippen molar-refractivity contribution in [3.8, 4) is 0 Å². The normalized spacial score (nSPS) is 12.9. The molecule has 7 heteroatoms. The molecule has 88 valence electrons. The Bertz CT molecular complexity index is 198. The Morgan fingerprint density at radius 2 is 1.71 bits per heavy atom. The first-order chi connectivity index (χ1) is 6.37. The molecule has 0 fully saturated rings. The molecule has 0 aliphatic carbocycles. The van der Waals surface area contributed by atoms with Crippen molar-refractivity contribution in [2.24, 2.45) is 0 Å². The molecular formula is C7H18O6S. The highest BCUT2D eigenvalue weighted by molar-refractivity contribution is 7.85. The average molecular weight is 230 g/mol. The maximum Gasteiger partial charge on any atom is 0.267 e. The Balaban J connectivity index is 0. The van der Waals surface area contributed by atoms with Gasteiger partial charge in [-0.05, 0) is 13.8 Å². The Morgan fingerprint density at radius 1 is 1.29 bits per heavy atom. The van der Waals surface area contributed by atoms with Gasteiger partial charge in [-0.3, -0.25) is 4.55 Å². The van der Waals surface area contributed by atoms with E-state index < -0.39 is 28.6 Å². The van der Waals surface area contributed by atoms with E-state index in [4.69, 9.17) is 19.5 Å². The summed E-state index contributed by atoms with van der Waals surface area (Å²) >= 11 is 0. The van der Waals surface area contributed by atoms with Gasteiger partial charge in [-0.25, -0.2) is 0 Å². The predicted molar refractivity (Wildman–Crippen MR) is 51.7 cm³/mol. The number of aliphatic hydroxyl groups is 2. The monoisotopic (exact) mass is 230 g/mol. The van der Waals surface area contributed by atoms with E-state index in [1.807, 2.05) is 13.8 Å². The van der Waals surface area contributed by atoms with Crippen molar-refractivity contribution >= 4 is 10.1 Å². The molecule has 0 aliphatic heterocycles. The second-order valence-electron chi connectivity index (χ2n) is 2.37. The van der Waals surface area contributed by atoms with E-state index in [0.29, 0.717) is 0 Å². The zero-order valence-corrected chi connectivity index (χ0v) is 9.20. The van der Waals surface area contributed by atoms with Gasteiger partial charge >= 0.3 is 0 Å². The molecule has 0 aromatic carbocycles. The summed E-state index contributed by atoms with van der Waals surface area (Å²) in [6.45, 7) is 5.00. The number of hydrogen-bond donors (Lipinski definition) is 3. The topological polar surface area (TPSA) is 104 Å². The number of ether oxygens (including phenoxy) is 1. The molecule has 0 aromatic rings. The number of aliphatic hydroxyl groups excluding tert-OH is 2. The molecule has 0 bridgehead atoms. The van der Waals surface area contributed by atoms with Gasteiger partial charge in [0.2, 0.25) is 0 Å². The molecule has 0 rings (SSSR count). The van der Waals surface area contributed by atoms with Crippen LogP contribution >= 0.6 is 0 Å². The molecule has 0 radical (unpaired) electrons.